The van der Waals surface area contributed by atoms with Gasteiger partial charge in [0.25, 0.3) is 0 Å². The van der Waals surface area contributed by atoms with Crippen LogP contribution >= 0.6 is 0 Å². The maximum atomic E-state index is 11.7. The first-order chi connectivity index (χ1) is 10.2. The Labute approximate surface area is 126 Å². The number of nitrogens with zero attached hydrogens (tertiary/aromatic N) is 1. The number of hydrogen-bond donors (Lipinski definition) is 1. The second-order valence-corrected chi connectivity index (χ2v) is 5.31. The fraction of sp³-hybridized carbons (Fsp3) is 0.562. The molecule has 21 heavy (non-hydrogen) atoms. The number of para-hydroxylation sites is 1. The van der Waals surface area contributed by atoms with Gasteiger partial charge in [-0.1, -0.05) is 13.0 Å². The van der Waals surface area contributed by atoms with Crippen molar-refractivity contribution in [2.24, 2.45) is 0 Å². The zero-order valence-corrected chi connectivity index (χ0v) is 12.8. The fourth-order valence-corrected chi connectivity index (χ4v) is 2.69. The van der Waals surface area contributed by atoms with E-state index < -0.39 is 5.97 Å². The molecule has 0 amide bonds. The zero-order valence-electron chi connectivity index (χ0n) is 12.8. The standard InChI is InChI=1S/C16H24N2O3/c1-3-10-21-12-6-5-9-18(11-12)14-8-4-7-13(15(14)17)16(19)20-2/h4,7-8,12H,3,5-6,9-11,17H2,1-2H3. The van der Waals surface area contributed by atoms with Crippen LogP contribution in [0.1, 0.15) is 36.5 Å². The number of methoxy groups -OCH3 is 1. The zero-order chi connectivity index (χ0) is 15.2. The van der Waals surface area contributed by atoms with Crippen molar-refractivity contribution >= 4 is 17.3 Å². The molecule has 0 saturated carbocycles. The molecule has 0 radical (unpaired) electrons. The maximum absolute atomic E-state index is 11.7. The first-order valence-electron chi connectivity index (χ1n) is 7.50. The van der Waals surface area contributed by atoms with E-state index in [2.05, 4.69) is 11.8 Å². The molecule has 1 atom stereocenters. The van der Waals surface area contributed by atoms with E-state index in [4.69, 9.17) is 15.2 Å². The summed E-state index contributed by atoms with van der Waals surface area (Å²) < 4.78 is 10.6. The molecule has 1 heterocycles. The smallest absolute Gasteiger partial charge is 0.340 e. The van der Waals surface area contributed by atoms with E-state index in [0.29, 0.717) is 11.3 Å². The summed E-state index contributed by atoms with van der Waals surface area (Å²) in [6.07, 6.45) is 3.40. The quantitative estimate of drug-likeness (QED) is 0.667. The largest absolute Gasteiger partial charge is 0.465 e. The predicted molar refractivity (Wildman–Crippen MR) is 83.7 cm³/mol. The predicted octanol–water partition coefficient (Wildman–Crippen LogP) is 2.45. The molecule has 0 bridgehead atoms. The molecule has 5 heteroatoms. The topological polar surface area (TPSA) is 64.8 Å². The van der Waals surface area contributed by atoms with Crippen molar-refractivity contribution in [1.29, 1.82) is 0 Å². The van der Waals surface area contributed by atoms with Gasteiger partial charge < -0.3 is 20.1 Å². The number of carbonyl (C=O) groups is 1. The SMILES string of the molecule is CCCOC1CCCN(c2cccc(C(=O)OC)c2N)C1. The first kappa shape index (κ1) is 15.6. The lowest BCUT2D eigenvalue weighted by Gasteiger charge is -2.35. The van der Waals surface area contributed by atoms with Gasteiger partial charge in [-0.3, -0.25) is 0 Å². The second-order valence-electron chi connectivity index (χ2n) is 5.31. The molecule has 116 valence electrons. The summed E-state index contributed by atoms with van der Waals surface area (Å²) in [6, 6.07) is 5.48. The minimum absolute atomic E-state index is 0.236. The molecule has 1 aromatic carbocycles. The number of nitrogens with two attached hydrogens (primary N) is 1. The van der Waals surface area contributed by atoms with Gasteiger partial charge >= 0.3 is 5.97 Å². The highest BCUT2D eigenvalue weighted by Crippen LogP contribution is 2.30. The van der Waals surface area contributed by atoms with E-state index in [1.807, 2.05) is 12.1 Å². The monoisotopic (exact) mass is 292 g/mol. The highest BCUT2D eigenvalue weighted by Gasteiger charge is 2.23. The van der Waals surface area contributed by atoms with Crippen LogP contribution in [0.4, 0.5) is 11.4 Å². The van der Waals surface area contributed by atoms with Crippen molar-refractivity contribution in [3.05, 3.63) is 23.8 Å². The Morgan fingerprint density at radius 1 is 1.48 bits per heavy atom. The number of carbonyl (C=O) groups excluding carboxylic acids is 1. The number of benzene rings is 1. The number of piperidine rings is 1. The molecule has 1 unspecified atom stereocenters. The van der Waals surface area contributed by atoms with Crippen LogP contribution in [0.2, 0.25) is 0 Å². The van der Waals surface area contributed by atoms with Crippen LogP contribution in [-0.2, 0) is 9.47 Å². The van der Waals surface area contributed by atoms with Crippen LogP contribution in [0.5, 0.6) is 0 Å². The van der Waals surface area contributed by atoms with Crippen LogP contribution in [0.3, 0.4) is 0 Å². The van der Waals surface area contributed by atoms with E-state index in [0.717, 1.165) is 44.6 Å². The van der Waals surface area contributed by atoms with Crippen LogP contribution in [0, 0.1) is 0 Å². The lowest BCUT2D eigenvalue weighted by molar-refractivity contribution is 0.0441. The molecule has 1 fully saturated rings. The van der Waals surface area contributed by atoms with E-state index in [1.165, 1.54) is 7.11 Å². The molecule has 2 rings (SSSR count). The van der Waals surface area contributed by atoms with Gasteiger partial charge in [-0.05, 0) is 31.4 Å². The van der Waals surface area contributed by atoms with Gasteiger partial charge in [0.2, 0.25) is 0 Å². The minimum atomic E-state index is -0.398. The fourth-order valence-electron chi connectivity index (χ4n) is 2.69. The minimum Gasteiger partial charge on any atom is -0.465 e. The summed E-state index contributed by atoms with van der Waals surface area (Å²) in [4.78, 5) is 13.9. The normalized spacial score (nSPS) is 18.6. The van der Waals surface area contributed by atoms with Crippen LogP contribution in [0.15, 0.2) is 18.2 Å². The van der Waals surface area contributed by atoms with Crippen LogP contribution in [0.25, 0.3) is 0 Å². The van der Waals surface area contributed by atoms with Crippen LogP contribution < -0.4 is 10.6 Å². The number of hydrogen-bond acceptors (Lipinski definition) is 5. The summed E-state index contributed by atoms with van der Waals surface area (Å²) >= 11 is 0. The maximum Gasteiger partial charge on any atom is 0.340 e. The Balaban J connectivity index is 2.15. The molecule has 1 aromatic rings. The summed E-state index contributed by atoms with van der Waals surface area (Å²) in [5.41, 5.74) is 7.95. The number of anilines is 2. The van der Waals surface area contributed by atoms with Crippen molar-refractivity contribution in [3.8, 4) is 0 Å². The molecule has 1 aliphatic rings. The third kappa shape index (κ3) is 3.67. The van der Waals surface area contributed by atoms with Gasteiger partial charge in [0.1, 0.15) is 0 Å². The first-order valence-corrected chi connectivity index (χ1v) is 7.50. The van der Waals surface area contributed by atoms with Gasteiger partial charge in [-0.2, -0.15) is 0 Å². The molecule has 1 saturated heterocycles. The van der Waals surface area contributed by atoms with Gasteiger partial charge in [0, 0.05) is 19.7 Å². The molecule has 0 aliphatic carbocycles. The average molecular weight is 292 g/mol. The van der Waals surface area contributed by atoms with Crippen molar-refractivity contribution in [2.45, 2.75) is 32.3 Å². The Kier molecular flexibility index (Phi) is 5.44. The van der Waals surface area contributed by atoms with Gasteiger partial charge in [0.05, 0.1) is 30.2 Å². The average Bonchev–Trinajstić information content (AvgIpc) is 2.52. The lowest BCUT2D eigenvalue weighted by Crippen LogP contribution is -2.40. The van der Waals surface area contributed by atoms with E-state index in [-0.39, 0.29) is 6.10 Å². The number of nitrogen functional groups attached to an aromatic ring is 1. The molecule has 1 aliphatic heterocycles. The molecule has 5 nitrogen and oxygen atoms in total. The molecule has 0 spiro atoms. The lowest BCUT2D eigenvalue weighted by atomic mass is 10.0. The van der Waals surface area contributed by atoms with Crippen molar-refractivity contribution in [1.82, 2.24) is 0 Å². The Morgan fingerprint density at radius 2 is 2.29 bits per heavy atom. The van der Waals surface area contributed by atoms with Crippen molar-refractivity contribution < 1.29 is 14.3 Å². The molecule has 2 N–H and O–H groups in total. The molecular weight excluding hydrogens is 268 g/mol. The van der Waals surface area contributed by atoms with Gasteiger partial charge in [-0.15, -0.1) is 0 Å². The molecular formula is C16H24N2O3. The Bertz CT molecular complexity index is 490. The summed E-state index contributed by atoms with van der Waals surface area (Å²) in [5.74, 6) is -0.398. The molecule has 0 aromatic heterocycles. The second kappa shape index (κ2) is 7.31. The number of esters is 1. The van der Waals surface area contributed by atoms with Gasteiger partial charge in [-0.25, -0.2) is 4.79 Å². The Hall–Kier alpha value is -1.75. The van der Waals surface area contributed by atoms with E-state index in [9.17, 15) is 4.79 Å². The highest BCUT2D eigenvalue weighted by molar-refractivity contribution is 5.98. The Morgan fingerprint density at radius 3 is 3.00 bits per heavy atom. The van der Waals surface area contributed by atoms with E-state index in [1.54, 1.807) is 6.07 Å². The third-order valence-electron chi connectivity index (χ3n) is 3.76. The summed E-state index contributed by atoms with van der Waals surface area (Å²) in [5, 5.41) is 0. The van der Waals surface area contributed by atoms with Gasteiger partial charge in [0.15, 0.2) is 0 Å². The number of rotatable bonds is 5. The number of ether oxygens (including phenoxy) is 2. The summed E-state index contributed by atoms with van der Waals surface area (Å²) in [7, 11) is 1.37. The van der Waals surface area contributed by atoms with Crippen molar-refractivity contribution in [2.75, 3.05) is 37.4 Å². The highest BCUT2D eigenvalue weighted by atomic mass is 16.5. The summed E-state index contributed by atoms with van der Waals surface area (Å²) in [6.45, 7) is 4.64. The van der Waals surface area contributed by atoms with Crippen molar-refractivity contribution in [3.63, 3.8) is 0 Å². The van der Waals surface area contributed by atoms with Crippen LogP contribution in [-0.4, -0.2) is 38.9 Å². The third-order valence-corrected chi connectivity index (χ3v) is 3.76. The van der Waals surface area contributed by atoms with E-state index >= 15 is 0 Å².